The quantitative estimate of drug-likeness (QED) is 0.675. The van der Waals surface area contributed by atoms with Gasteiger partial charge >= 0.3 is 0 Å². The normalized spacial score (nSPS) is 32.8. The molecule has 1 aliphatic carbocycles. The Morgan fingerprint density at radius 3 is 2.55 bits per heavy atom. The molecule has 4 rings (SSSR count). The number of piperidine rings is 1. The first-order valence-electron chi connectivity index (χ1n) is 10.2. The van der Waals surface area contributed by atoms with Crippen molar-refractivity contribution in [1.82, 2.24) is 15.8 Å². The lowest BCUT2D eigenvalue weighted by molar-refractivity contribution is -0.128. The summed E-state index contributed by atoms with van der Waals surface area (Å²) in [5, 5.41) is 18.1. The predicted octanol–water partition coefficient (Wildman–Crippen LogP) is 1.24. The lowest BCUT2D eigenvalue weighted by atomic mass is 9.83. The molecule has 5 atom stereocenters. The van der Waals surface area contributed by atoms with Gasteiger partial charge in [-0.25, -0.2) is 18.9 Å². The van der Waals surface area contributed by atoms with Crippen molar-refractivity contribution in [3.63, 3.8) is 0 Å². The van der Waals surface area contributed by atoms with Crippen LogP contribution in [0.15, 0.2) is 29.2 Å². The van der Waals surface area contributed by atoms with Crippen molar-refractivity contribution in [2.24, 2.45) is 11.8 Å². The molecule has 1 saturated carbocycles. The van der Waals surface area contributed by atoms with Crippen molar-refractivity contribution in [2.75, 3.05) is 18.1 Å². The van der Waals surface area contributed by atoms with Gasteiger partial charge in [-0.3, -0.25) is 4.79 Å². The second-order valence-corrected chi connectivity index (χ2v) is 10.2. The molecular formula is C20H27N5O3S. The standard InChI is InChI=1S/C20H27N5O3S/c1-29(27,28)15-8-6-14(7-9-15)23-19-18-17(10-11-22-20(18)26)25(24-19)16-5-3-2-4-13(16)12-21/h6-9,13,16-19,23-24H,2-5,10-11H2,1H3,(H,22,26)/t13-,16+,17?,18?,19?/m0/s1. The highest BCUT2D eigenvalue weighted by molar-refractivity contribution is 7.90. The van der Waals surface area contributed by atoms with E-state index in [1.165, 1.54) is 6.26 Å². The van der Waals surface area contributed by atoms with Gasteiger partial charge in [0.05, 0.1) is 22.8 Å². The number of anilines is 1. The predicted molar refractivity (Wildman–Crippen MR) is 108 cm³/mol. The molecule has 2 aliphatic heterocycles. The first kappa shape index (κ1) is 20.1. The molecule has 9 heteroatoms. The Morgan fingerprint density at radius 1 is 1.14 bits per heavy atom. The van der Waals surface area contributed by atoms with Gasteiger partial charge in [0.1, 0.15) is 6.17 Å². The zero-order valence-corrected chi connectivity index (χ0v) is 17.3. The molecule has 29 heavy (non-hydrogen) atoms. The number of rotatable bonds is 4. The minimum Gasteiger partial charge on any atom is -0.368 e. The number of nitrogens with zero attached hydrogens (tertiary/aromatic N) is 2. The molecule has 1 aromatic rings. The van der Waals surface area contributed by atoms with Crippen molar-refractivity contribution in [3.05, 3.63) is 24.3 Å². The number of fused-ring (bicyclic) bond motifs is 1. The average molecular weight is 418 g/mol. The number of carbonyl (C=O) groups is 1. The maximum atomic E-state index is 12.7. The summed E-state index contributed by atoms with van der Waals surface area (Å²) in [4.78, 5) is 12.9. The van der Waals surface area contributed by atoms with E-state index in [4.69, 9.17) is 0 Å². The third-order valence-electron chi connectivity index (χ3n) is 6.32. The second-order valence-electron chi connectivity index (χ2n) is 8.22. The largest absolute Gasteiger partial charge is 0.368 e. The molecule has 2 saturated heterocycles. The summed E-state index contributed by atoms with van der Waals surface area (Å²) in [7, 11) is -3.25. The van der Waals surface area contributed by atoms with Crippen LogP contribution in [0.4, 0.5) is 5.69 Å². The highest BCUT2D eigenvalue weighted by Crippen LogP contribution is 2.36. The average Bonchev–Trinajstić information content (AvgIpc) is 3.07. The summed E-state index contributed by atoms with van der Waals surface area (Å²) < 4.78 is 23.4. The number of nitrogens with one attached hydrogen (secondary N) is 3. The van der Waals surface area contributed by atoms with Gasteiger partial charge in [0, 0.05) is 30.6 Å². The molecule has 3 fully saturated rings. The number of hydrogen-bond acceptors (Lipinski definition) is 7. The summed E-state index contributed by atoms with van der Waals surface area (Å²) in [6.07, 6.45) is 5.72. The number of nitriles is 1. The summed E-state index contributed by atoms with van der Waals surface area (Å²) in [6.45, 7) is 0.637. The van der Waals surface area contributed by atoms with Crippen LogP contribution in [-0.2, 0) is 14.6 Å². The molecule has 2 heterocycles. The van der Waals surface area contributed by atoms with Crippen molar-refractivity contribution in [1.29, 1.82) is 5.26 Å². The third kappa shape index (κ3) is 3.97. The van der Waals surface area contributed by atoms with Crippen molar-refractivity contribution < 1.29 is 13.2 Å². The molecule has 156 valence electrons. The number of amides is 1. The van der Waals surface area contributed by atoms with Gasteiger partial charge in [-0.2, -0.15) is 5.26 Å². The molecular weight excluding hydrogens is 390 g/mol. The van der Waals surface area contributed by atoms with E-state index in [1.807, 2.05) is 0 Å². The van der Waals surface area contributed by atoms with Crippen LogP contribution >= 0.6 is 0 Å². The SMILES string of the molecule is CS(=O)(=O)c1ccc(NC2NN([C@@H]3CCCC[C@H]3C#N)C3CCNC(=O)C23)cc1. The number of carbonyl (C=O) groups excluding carboxylic acids is 1. The van der Waals surface area contributed by atoms with Crippen LogP contribution in [0.5, 0.6) is 0 Å². The number of sulfone groups is 1. The van der Waals surface area contributed by atoms with Gasteiger partial charge in [0.25, 0.3) is 0 Å². The Kier molecular flexibility index (Phi) is 5.51. The molecule has 1 amide bonds. The lowest BCUT2D eigenvalue weighted by Gasteiger charge is -2.39. The lowest BCUT2D eigenvalue weighted by Crippen LogP contribution is -2.54. The molecule has 0 bridgehead atoms. The maximum Gasteiger partial charge on any atom is 0.228 e. The molecule has 0 radical (unpaired) electrons. The summed E-state index contributed by atoms with van der Waals surface area (Å²) in [5.41, 5.74) is 4.23. The van der Waals surface area contributed by atoms with E-state index >= 15 is 0 Å². The minimum absolute atomic E-state index is 0.00539. The van der Waals surface area contributed by atoms with Gasteiger partial charge in [-0.1, -0.05) is 12.8 Å². The van der Waals surface area contributed by atoms with Gasteiger partial charge in [-0.05, 0) is 43.5 Å². The Labute approximate surface area is 171 Å². The van der Waals surface area contributed by atoms with Crippen LogP contribution in [0.1, 0.15) is 32.1 Å². The minimum atomic E-state index is -3.25. The third-order valence-corrected chi connectivity index (χ3v) is 7.45. The van der Waals surface area contributed by atoms with Crippen LogP contribution in [0, 0.1) is 23.2 Å². The fourth-order valence-electron chi connectivity index (χ4n) is 4.87. The number of hydrazine groups is 1. The van der Waals surface area contributed by atoms with E-state index in [-0.39, 0.29) is 40.9 Å². The highest BCUT2D eigenvalue weighted by atomic mass is 32.2. The van der Waals surface area contributed by atoms with Gasteiger partial charge in [0.15, 0.2) is 9.84 Å². The first-order valence-corrected chi connectivity index (χ1v) is 12.1. The monoisotopic (exact) mass is 417 g/mol. The fraction of sp³-hybridized carbons (Fsp3) is 0.600. The van der Waals surface area contributed by atoms with Crippen LogP contribution in [0.2, 0.25) is 0 Å². The molecule has 3 unspecified atom stereocenters. The summed E-state index contributed by atoms with van der Waals surface area (Å²) in [6, 6.07) is 9.17. The second kappa shape index (κ2) is 7.94. The maximum absolute atomic E-state index is 12.7. The van der Waals surface area contributed by atoms with E-state index in [0.717, 1.165) is 37.8 Å². The van der Waals surface area contributed by atoms with Gasteiger partial charge in [0.2, 0.25) is 5.91 Å². The molecule has 0 aromatic heterocycles. The molecule has 3 aliphatic rings. The first-order chi connectivity index (χ1) is 13.9. The van der Waals surface area contributed by atoms with Gasteiger partial charge < -0.3 is 10.6 Å². The molecule has 0 spiro atoms. The van der Waals surface area contributed by atoms with E-state index < -0.39 is 9.84 Å². The fourth-order valence-corrected chi connectivity index (χ4v) is 5.50. The summed E-state index contributed by atoms with van der Waals surface area (Å²) in [5.74, 6) is -0.305. The van der Waals surface area contributed by atoms with E-state index in [9.17, 15) is 18.5 Å². The zero-order valence-electron chi connectivity index (χ0n) is 16.5. The molecule has 3 N–H and O–H groups in total. The topological polar surface area (TPSA) is 114 Å². The van der Waals surface area contributed by atoms with Crippen molar-refractivity contribution in [3.8, 4) is 6.07 Å². The van der Waals surface area contributed by atoms with Crippen LogP contribution in [-0.4, -0.2) is 50.4 Å². The number of hydrogen-bond donors (Lipinski definition) is 3. The van der Waals surface area contributed by atoms with E-state index in [1.54, 1.807) is 24.3 Å². The Bertz CT molecular complexity index is 911. The van der Waals surface area contributed by atoms with Crippen LogP contribution in [0.25, 0.3) is 0 Å². The highest BCUT2D eigenvalue weighted by Gasteiger charge is 2.51. The van der Waals surface area contributed by atoms with Crippen molar-refractivity contribution in [2.45, 2.75) is 55.2 Å². The smallest absolute Gasteiger partial charge is 0.228 e. The van der Waals surface area contributed by atoms with Crippen molar-refractivity contribution >= 4 is 21.4 Å². The zero-order chi connectivity index (χ0) is 20.6. The molecule has 1 aromatic carbocycles. The van der Waals surface area contributed by atoms with Crippen LogP contribution < -0.4 is 16.1 Å². The van der Waals surface area contributed by atoms with Gasteiger partial charge in [-0.15, -0.1) is 0 Å². The Hall–Kier alpha value is -2.15. The van der Waals surface area contributed by atoms with E-state index in [2.05, 4.69) is 27.1 Å². The van der Waals surface area contributed by atoms with E-state index in [0.29, 0.717) is 6.54 Å². The summed E-state index contributed by atoms with van der Waals surface area (Å²) >= 11 is 0. The Balaban J connectivity index is 1.56. The molecule has 8 nitrogen and oxygen atoms in total. The Morgan fingerprint density at radius 2 is 1.86 bits per heavy atom. The van der Waals surface area contributed by atoms with Crippen LogP contribution in [0.3, 0.4) is 0 Å². The number of benzene rings is 1.